The molecule has 3 aromatic rings. The summed E-state index contributed by atoms with van der Waals surface area (Å²) in [6, 6.07) is 17.8. The summed E-state index contributed by atoms with van der Waals surface area (Å²) < 4.78 is 5.21. The van der Waals surface area contributed by atoms with Crippen LogP contribution in [0.25, 0.3) is 0 Å². The van der Waals surface area contributed by atoms with Crippen molar-refractivity contribution in [1.29, 1.82) is 0 Å². The van der Waals surface area contributed by atoms with Crippen LogP contribution < -0.4 is 5.32 Å². The second-order valence-electron chi connectivity index (χ2n) is 7.64. The number of carbonyl (C=O) groups excluding carboxylic acids is 3. The van der Waals surface area contributed by atoms with Gasteiger partial charge in [-0.1, -0.05) is 48.0 Å². The van der Waals surface area contributed by atoms with E-state index in [2.05, 4.69) is 5.32 Å². The number of anilines is 1. The van der Waals surface area contributed by atoms with E-state index in [-0.39, 0.29) is 16.9 Å². The maximum absolute atomic E-state index is 13.1. The number of hydrogen-bond donors (Lipinski definition) is 1. The Bertz CT molecular complexity index is 1160. The minimum atomic E-state index is -0.717. The highest BCUT2D eigenvalue weighted by Gasteiger charge is 2.21. The van der Waals surface area contributed by atoms with Crippen molar-refractivity contribution in [3.63, 3.8) is 0 Å². The molecule has 0 spiro atoms. The molecule has 0 atom stereocenters. The maximum Gasteiger partial charge on any atom is 0.339 e. The van der Waals surface area contributed by atoms with Gasteiger partial charge in [-0.05, 0) is 62.6 Å². The van der Waals surface area contributed by atoms with Gasteiger partial charge in [-0.3, -0.25) is 9.59 Å². The molecule has 31 heavy (non-hydrogen) atoms. The molecule has 0 unspecified atom stereocenters. The molecule has 0 aromatic heterocycles. The van der Waals surface area contributed by atoms with Crippen LogP contribution in [0.4, 0.5) is 5.69 Å². The number of rotatable bonds is 6. The first-order valence-electron chi connectivity index (χ1n) is 10.0. The number of carbonyl (C=O) groups is 3. The quantitative estimate of drug-likeness (QED) is 0.457. The van der Waals surface area contributed by atoms with E-state index in [1.54, 1.807) is 24.3 Å². The first-order valence-corrected chi connectivity index (χ1v) is 10.0. The normalized spacial score (nSPS) is 10.5. The van der Waals surface area contributed by atoms with E-state index in [0.717, 1.165) is 22.3 Å². The lowest BCUT2D eigenvalue weighted by Crippen LogP contribution is -2.22. The molecule has 0 aliphatic heterocycles. The zero-order valence-corrected chi connectivity index (χ0v) is 18.1. The number of hydrogen-bond acceptors (Lipinski definition) is 4. The second kappa shape index (κ2) is 9.39. The summed E-state index contributed by atoms with van der Waals surface area (Å²) >= 11 is 0. The van der Waals surface area contributed by atoms with Crippen molar-refractivity contribution in [1.82, 2.24) is 0 Å². The molecule has 0 aliphatic carbocycles. The van der Waals surface area contributed by atoms with E-state index in [0.29, 0.717) is 11.3 Å². The van der Waals surface area contributed by atoms with Crippen LogP contribution in [0.15, 0.2) is 60.7 Å². The summed E-state index contributed by atoms with van der Waals surface area (Å²) in [5, 5.41) is 2.75. The Hall–Kier alpha value is -3.73. The van der Waals surface area contributed by atoms with Crippen molar-refractivity contribution < 1.29 is 19.1 Å². The van der Waals surface area contributed by atoms with Crippen LogP contribution in [0.2, 0.25) is 0 Å². The summed E-state index contributed by atoms with van der Waals surface area (Å²) in [6.07, 6.45) is 0. The van der Waals surface area contributed by atoms with E-state index in [1.807, 2.05) is 58.0 Å². The van der Waals surface area contributed by atoms with E-state index in [1.165, 1.54) is 6.07 Å². The van der Waals surface area contributed by atoms with Gasteiger partial charge in [0.1, 0.15) is 0 Å². The second-order valence-corrected chi connectivity index (χ2v) is 7.64. The van der Waals surface area contributed by atoms with Gasteiger partial charge in [0.2, 0.25) is 0 Å². The van der Waals surface area contributed by atoms with Gasteiger partial charge in [-0.25, -0.2) is 4.79 Å². The molecule has 0 fully saturated rings. The molecular weight excluding hydrogens is 390 g/mol. The average Bonchev–Trinajstić information content (AvgIpc) is 2.75. The summed E-state index contributed by atoms with van der Waals surface area (Å²) in [6.45, 7) is 7.13. The molecule has 3 rings (SSSR count). The molecule has 5 nitrogen and oxygen atoms in total. The molecule has 158 valence electrons. The van der Waals surface area contributed by atoms with Crippen LogP contribution in [-0.4, -0.2) is 24.3 Å². The molecule has 0 aliphatic rings. The van der Waals surface area contributed by atoms with Gasteiger partial charge >= 0.3 is 5.97 Å². The van der Waals surface area contributed by atoms with Crippen molar-refractivity contribution in [3.8, 4) is 0 Å². The van der Waals surface area contributed by atoms with Crippen LogP contribution in [0.1, 0.15) is 48.5 Å². The van der Waals surface area contributed by atoms with Crippen LogP contribution in [0, 0.1) is 27.7 Å². The van der Waals surface area contributed by atoms with Gasteiger partial charge in [0.25, 0.3) is 5.91 Å². The first-order chi connectivity index (χ1) is 14.8. The molecule has 0 heterocycles. The highest BCUT2D eigenvalue weighted by atomic mass is 16.5. The monoisotopic (exact) mass is 415 g/mol. The minimum Gasteiger partial charge on any atom is -0.452 e. The molecule has 0 saturated heterocycles. The van der Waals surface area contributed by atoms with Gasteiger partial charge in [0, 0.05) is 16.8 Å². The van der Waals surface area contributed by atoms with E-state index >= 15 is 0 Å². The average molecular weight is 415 g/mol. The summed E-state index contributed by atoms with van der Waals surface area (Å²) in [7, 11) is 0. The Morgan fingerprint density at radius 1 is 0.742 bits per heavy atom. The third-order valence-corrected chi connectivity index (χ3v) is 5.03. The van der Waals surface area contributed by atoms with Crippen LogP contribution in [0.5, 0.6) is 0 Å². The Balaban J connectivity index is 1.74. The largest absolute Gasteiger partial charge is 0.452 e. The number of ketones is 1. The van der Waals surface area contributed by atoms with Gasteiger partial charge in [-0.15, -0.1) is 0 Å². The topological polar surface area (TPSA) is 72.5 Å². The SMILES string of the molecule is Cc1ccc(C)c(NC(=O)COC(=O)c2ccccc2C(=O)c2cc(C)ccc2C)c1. The highest BCUT2D eigenvalue weighted by Crippen LogP contribution is 2.20. The molecular formula is C26H25NO4. The molecule has 1 amide bonds. The summed E-state index contributed by atoms with van der Waals surface area (Å²) in [5.41, 5.74) is 5.29. The minimum absolute atomic E-state index is 0.132. The lowest BCUT2D eigenvalue weighted by atomic mass is 9.94. The number of aryl methyl sites for hydroxylation is 4. The van der Waals surface area contributed by atoms with Gasteiger partial charge < -0.3 is 10.1 Å². The molecule has 3 aromatic carbocycles. The zero-order chi connectivity index (χ0) is 22.5. The Morgan fingerprint density at radius 3 is 2.06 bits per heavy atom. The van der Waals surface area contributed by atoms with E-state index < -0.39 is 18.5 Å². The van der Waals surface area contributed by atoms with Gasteiger partial charge in [-0.2, -0.15) is 0 Å². The van der Waals surface area contributed by atoms with Crippen LogP contribution in [0.3, 0.4) is 0 Å². The van der Waals surface area contributed by atoms with Crippen molar-refractivity contribution in [2.24, 2.45) is 0 Å². The zero-order valence-electron chi connectivity index (χ0n) is 18.1. The van der Waals surface area contributed by atoms with Crippen molar-refractivity contribution in [2.75, 3.05) is 11.9 Å². The number of amides is 1. The molecule has 0 bridgehead atoms. The highest BCUT2D eigenvalue weighted by molar-refractivity contribution is 6.15. The van der Waals surface area contributed by atoms with E-state index in [4.69, 9.17) is 4.74 Å². The standard InChI is InChI=1S/C26H25NO4/c1-16-9-11-18(3)22(13-16)25(29)20-7-5-6-8-21(20)26(30)31-15-24(28)27-23-14-17(2)10-12-19(23)4/h5-14H,15H2,1-4H3,(H,27,28). The van der Waals surface area contributed by atoms with E-state index in [9.17, 15) is 14.4 Å². The maximum atomic E-state index is 13.1. The number of ether oxygens (including phenoxy) is 1. The Labute approximate surface area is 182 Å². The smallest absolute Gasteiger partial charge is 0.339 e. The summed E-state index contributed by atoms with van der Waals surface area (Å²) in [5.74, 6) is -1.42. The molecule has 0 radical (unpaired) electrons. The van der Waals surface area contributed by atoms with Gasteiger partial charge in [0.15, 0.2) is 12.4 Å². The van der Waals surface area contributed by atoms with Crippen molar-refractivity contribution >= 4 is 23.3 Å². The Morgan fingerprint density at radius 2 is 1.35 bits per heavy atom. The fourth-order valence-corrected chi connectivity index (χ4v) is 3.25. The van der Waals surface area contributed by atoms with Crippen molar-refractivity contribution in [2.45, 2.75) is 27.7 Å². The van der Waals surface area contributed by atoms with Crippen LogP contribution in [-0.2, 0) is 9.53 Å². The van der Waals surface area contributed by atoms with Crippen molar-refractivity contribution in [3.05, 3.63) is 99.6 Å². The summed E-state index contributed by atoms with van der Waals surface area (Å²) in [4.78, 5) is 38.1. The predicted molar refractivity (Wildman–Crippen MR) is 121 cm³/mol. The molecule has 0 saturated carbocycles. The lowest BCUT2D eigenvalue weighted by molar-refractivity contribution is -0.119. The molecule has 1 N–H and O–H groups in total. The Kier molecular flexibility index (Phi) is 6.65. The lowest BCUT2D eigenvalue weighted by Gasteiger charge is -2.12. The van der Waals surface area contributed by atoms with Gasteiger partial charge in [0.05, 0.1) is 5.56 Å². The third kappa shape index (κ3) is 5.25. The first kappa shape index (κ1) is 22.0. The predicted octanol–water partition coefficient (Wildman–Crippen LogP) is 4.95. The number of esters is 1. The van der Waals surface area contributed by atoms with Crippen LogP contribution >= 0.6 is 0 Å². The number of benzene rings is 3. The fraction of sp³-hybridized carbons (Fsp3) is 0.192. The number of nitrogens with one attached hydrogen (secondary N) is 1. The fourth-order valence-electron chi connectivity index (χ4n) is 3.25. The molecule has 5 heteroatoms. The third-order valence-electron chi connectivity index (χ3n) is 5.03.